The maximum absolute atomic E-state index is 5.76. The minimum absolute atomic E-state index is 0.342. The summed E-state index contributed by atoms with van der Waals surface area (Å²) in [6.07, 6.45) is 0.867. The number of halogens is 1. The molecule has 0 saturated carbocycles. The lowest BCUT2D eigenvalue weighted by atomic mass is 10.1. The van der Waals surface area contributed by atoms with Crippen LogP contribution in [0.5, 0.6) is 5.75 Å². The molecule has 0 saturated heterocycles. The highest BCUT2D eigenvalue weighted by molar-refractivity contribution is 9.10. The first-order valence-corrected chi connectivity index (χ1v) is 8.20. The molecule has 120 valence electrons. The summed E-state index contributed by atoms with van der Waals surface area (Å²) in [5.74, 6) is 0.874. The minimum Gasteiger partial charge on any atom is -0.492 e. The van der Waals surface area contributed by atoms with E-state index in [0.29, 0.717) is 32.5 Å². The second-order valence-electron chi connectivity index (χ2n) is 4.78. The molecular weight excluding hydrogens is 334 g/mol. The van der Waals surface area contributed by atoms with Crippen LogP contribution < -0.4 is 10.1 Å². The van der Waals surface area contributed by atoms with Crippen LogP contribution in [0, 0.1) is 0 Å². The van der Waals surface area contributed by atoms with E-state index in [-0.39, 0.29) is 0 Å². The Morgan fingerprint density at radius 3 is 2.67 bits per heavy atom. The Morgan fingerprint density at radius 2 is 2.00 bits per heavy atom. The largest absolute Gasteiger partial charge is 0.492 e. The van der Waals surface area contributed by atoms with E-state index in [1.165, 1.54) is 5.56 Å². The number of hydrogen-bond donors (Lipinski definition) is 1. The molecule has 0 aromatic heterocycles. The average Bonchev–Trinajstić information content (AvgIpc) is 2.48. The highest BCUT2D eigenvalue weighted by Crippen LogP contribution is 2.28. The molecule has 1 atom stereocenters. The van der Waals surface area contributed by atoms with E-state index in [1.54, 1.807) is 7.11 Å². The first-order chi connectivity index (χ1) is 10.2. The third-order valence-electron chi connectivity index (χ3n) is 3.09. The number of rotatable bonds is 11. The Morgan fingerprint density at radius 1 is 1.19 bits per heavy atom. The van der Waals surface area contributed by atoms with Crippen molar-refractivity contribution in [1.82, 2.24) is 5.32 Å². The summed E-state index contributed by atoms with van der Waals surface area (Å²) in [6.45, 7) is 7.83. The van der Waals surface area contributed by atoms with Gasteiger partial charge in [0.1, 0.15) is 5.75 Å². The van der Waals surface area contributed by atoms with Gasteiger partial charge in [-0.25, -0.2) is 0 Å². The van der Waals surface area contributed by atoms with E-state index in [2.05, 4.69) is 47.2 Å². The molecule has 1 aromatic carbocycles. The molecule has 1 rings (SSSR count). The Bertz CT molecular complexity index is 401. The van der Waals surface area contributed by atoms with Crippen LogP contribution in [0.25, 0.3) is 0 Å². The van der Waals surface area contributed by atoms with Crippen LogP contribution in [0.3, 0.4) is 0 Å². The summed E-state index contributed by atoms with van der Waals surface area (Å²) < 4.78 is 17.1. The molecule has 0 aliphatic carbocycles. The normalized spacial score (nSPS) is 12.4. The van der Waals surface area contributed by atoms with Gasteiger partial charge in [-0.3, -0.25) is 0 Å². The Labute approximate surface area is 136 Å². The molecular formula is C16H26BrNO3. The molecule has 21 heavy (non-hydrogen) atoms. The fraction of sp³-hybridized carbons (Fsp3) is 0.625. The fourth-order valence-corrected chi connectivity index (χ4v) is 2.43. The first kappa shape index (κ1) is 18.4. The van der Waals surface area contributed by atoms with Gasteiger partial charge in [-0.1, -0.05) is 13.0 Å². The van der Waals surface area contributed by atoms with Gasteiger partial charge in [0.2, 0.25) is 0 Å². The van der Waals surface area contributed by atoms with Crippen LogP contribution in [0.1, 0.15) is 31.9 Å². The molecule has 0 spiro atoms. The monoisotopic (exact) mass is 359 g/mol. The van der Waals surface area contributed by atoms with Crippen molar-refractivity contribution in [3.8, 4) is 5.75 Å². The quantitative estimate of drug-likeness (QED) is 0.613. The van der Waals surface area contributed by atoms with Gasteiger partial charge in [0, 0.05) is 26.2 Å². The van der Waals surface area contributed by atoms with E-state index < -0.39 is 0 Å². The van der Waals surface area contributed by atoms with Gasteiger partial charge in [-0.15, -0.1) is 0 Å². The first-order valence-electron chi connectivity index (χ1n) is 7.41. The number of benzene rings is 1. The van der Waals surface area contributed by atoms with Gasteiger partial charge in [-0.05, 0) is 47.1 Å². The third kappa shape index (κ3) is 7.27. The maximum atomic E-state index is 5.76. The van der Waals surface area contributed by atoms with Crippen molar-refractivity contribution in [2.24, 2.45) is 0 Å². The van der Waals surface area contributed by atoms with Gasteiger partial charge in [-0.2, -0.15) is 0 Å². The molecule has 1 N–H and O–H groups in total. The van der Waals surface area contributed by atoms with E-state index >= 15 is 0 Å². The summed E-state index contributed by atoms with van der Waals surface area (Å²) >= 11 is 3.57. The molecule has 4 nitrogen and oxygen atoms in total. The van der Waals surface area contributed by atoms with E-state index in [9.17, 15) is 0 Å². The lowest BCUT2D eigenvalue weighted by molar-refractivity contribution is 0.0644. The van der Waals surface area contributed by atoms with Crippen molar-refractivity contribution in [3.05, 3.63) is 28.2 Å². The molecule has 0 aliphatic heterocycles. The number of nitrogens with one attached hydrogen (secondary N) is 1. The van der Waals surface area contributed by atoms with E-state index in [0.717, 1.165) is 23.2 Å². The lowest BCUT2D eigenvalue weighted by Crippen LogP contribution is -2.17. The summed E-state index contributed by atoms with van der Waals surface area (Å²) in [4.78, 5) is 0. The van der Waals surface area contributed by atoms with Crippen LogP contribution in [0.15, 0.2) is 22.7 Å². The van der Waals surface area contributed by atoms with E-state index in [1.807, 2.05) is 6.07 Å². The van der Waals surface area contributed by atoms with Crippen molar-refractivity contribution in [2.75, 3.05) is 40.1 Å². The van der Waals surface area contributed by atoms with Crippen molar-refractivity contribution in [3.63, 3.8) is 0 Å². The zero-order valence-corrected chi connectivity index (χ0v) is 14.7. The second-order valence-corrected chi connectivity index (χ2v) is 5.63. The molecule has 0 aliphatic rings. The third-order valence-corrected chi connectivity index (χ3v) is 3.71. The zero-order valence-electron chi connectivity index (χ0n) is 13.2. The van der Waals surface area contributed by atoms with Gasteiger partial charge in [0.05, 0.1) is 24.3 Å². The minimum atomic E-state index is 0.342. The number of ether oxygens (including phenoxy) is 3. The summed E-state index contributed by atoms with van der Waals surface area (Å²) in [6, 6.07) is 6.56. The molecule has 0 amide bonds. The second kappa shape index (κ2) is 11.0. The van der Waals surface area contributed by atoms with Crippen LogP contribution in [-0.4, -0.2) is 40.1 Å². The van der Waals surface area contributed by atoms with Gasteiger partial charge in [0.15, 0.2) is 0 Å². The van der Waals surface area contributed by atoms with Gasteiger partial charge in [0.25, 0.3) is 0 Å². The zero-order chi connectivity index (χ0) is 15.5. The summed E-state index contributed by atoms with van der Waals surface area (Å²) in [7, 11) is 1.67. The van der Waals surface area contributed by atoms with Crippen molar-refractivity contribution < 1.29 is 14.2 Å². The molecule has 1 aromatic rings. The Balaban J connectivity index is 2.32. The predicted octanol–water partition coefficient (Wildman–Crippen LogP) is 3.55. The SMILES string of the molecule is CCNC(C)c1ccc(OCCCOCCOC)c(Br)c1. The molecule has 0 heterocycles. The standard InChI is InChI=1S/C16H26BrNO3/c1-4-18-13(2)14-6-7-16(15(17)12-14)21-9-5-8-20-11-10-19-3/h6-7,12-13,18H,4-5,8-11H2,1-3H3. The predicted molar refractivity (Wildman–Crippen MR) is 89.0 cm³/mol. The summed E-state index contributed by atoms with van der Waals surface area (Å²) in [5, 5.41) is 3.40. The van der Waals surface area contributed by atoms with Crippen LogP contribution in [-0.2, 0) is 9.47 Å². The summed E-state index contributed by atoms with van der Waals surface area (Å²) in [5.41, 5.74) is 1.25. The van der Waals surface area contributed by atoms with Crippen LogP contribution in [0.2, 0.25) is 0 Å². The Hall–Kier alpha value is -0.620. The number of methoxy groups -OCH3 is 1. The van der Waals surface area contributed by atoms with Crippen LogP contribution >= 0.6 is 15.9 Å². The molecule has 5 heteroatoms. The van der Waals surface area contributed by atoms with Crippen LogP contribution in [0.4, 0.5) is 0 Å². The van der Waals surface area contributed by atoms with Crippen molar-refractivity contribution >= 4 is 15.9 Å². The topological polar surface area (TPSA) is 39.7 Å². The smallest absolute Gasteiger partial charge is 0.133 e. The van der Waals surface area contributed by atoms with E-state index in [4.69, 9.17) is 14.2 Å². The van der Waals surface area contributed by atoms with Gasteiger partial charge < -0.3 is 19.5 Å². The number of hydrogen-bond acceptors (Lipinski definition) is 4. The maximum Gasteiger partial charge on any atom is 0.133 e. The Kier molecular flexibility index (Phi) is 9.67. The highest BCUT2D eigenvalue weighted by Gasteiger charge is 2.07. The van der Waals surface area contributed by atoms with Crippen molar-refractivity contribution in [2.45, 2.75) is 26.3 Å². The average molecular weight is 360 g/mol. The fourth-order valence-electron chi connectivity index (χ4n) is 1.91. The van der Waals surface area contributed by atoms with Gasteiger partial charge >= 0.3 is 0 Å². The molecule has 0 fully saturated rings. The molecule has 0 bridgehead atoms. The highest BCUT2D eigenvalue weighted by atomic mass is 79.9. The molecule has 0 radical (unpaired) electrons. The van der Waals surface area contributed by atoms with Crippen molar-refractivity contribution in [1.29, 1.82) is 0 Å². The lowest BCUT2D eigenvalue weighted by Gasteiger charge is -2.15. The molecule has 1 unspecified atom stereocenters.